The standard InChI is InChI=1S/C16H20N4O/c1-11(2)20-10-14(9-18-20)19-16(21)13-5-6-15-12(8-13)4-3-7-17-15/h5-6,8-11,17H,3-4,7H2,1-2H3,(H,19,21). The van der Waals surface area contributed by atoms with E-state index in [1.54, 1.807) is 6.20 Å². The fraction of sp³-hybridized carbons (Fsp3) is 0.375. The maximum atomic E-state index is 12.3. The van der Waals surface area contributed by atoms with Crippen molar-refractivity contribution in [2.75, 3.05) is 17.2 Å². The number of benzene rings is 1. The molecule has 0 radical (unpaired) electrons. The Kier molecular flexibility index (Phi) is 3.64. The van der Waals surface area contributed by atoms with Crippen LogP contribution < -0.4 is 10.6 Å². The zero-order chi connectivity index (χ0) is 14.8. The Morgan fingerprint density at radius 1 is 1.43 bits per heavy atom. The van der Waals surface area contributed by atoms with Crippen molar-refractivity contribution in [3.05, 3.63) is 41.7 Å². The maximum absolute atomic E-state index is 12.3. The number of nitrogens with one attached hydrogen (secondary N) is 2. The second-order valence-corrected chi connectivity index (χ2v) is 5.66. The smallest absolute Gasteiger partial charge is 0.255 e. The van der Waals surface area contributed by atoms with Crippen LogP contribution in [-0.4, -0.2) is 22.2 Å². The van der Waals surface area contributed by atoms with E-state index in [-0.39, 0.29) is 11.9 Å². The first-order chi connectivity index (χ1) is 10.1. The van der Waals surface area contributed by atoms with Gasteiger partial charge in [-0.05, 0) is 50.5 Å². The van der Waals surface area contributed by atoms with Crippen LogP contribution in [0.25, 0.3) is 0 Å². The minimum absolute atomic E-state index is 0.0910. The van der Waals surface area contributed by atoms with Gasteiger partial charge in [0.05, 0.1) is 11.9 Å². The van der Waals surface area contributed by atoms with E-state index < -0.39 is 0 Å². The molecule has 1 amide bonds. The SMILES string of the molecule is CC(C)n1cc(NC(=O)c2ccc3c(c2)CCCN3)cn1. The van der Waals surface area contributed by atoms with Gasteiger partial charge >= 0.3 is 0 Å². The van der Waals surface area contributed by atoms with Crippen LogP contribution in [0.1, 0.15) is 42.2 Å². The first-order valence-electron chi connectivity index (χ1n) is 7.36. The number of nitrogens with zero attached hydrogens (tertiary/aromatic N) is 2. The molecule has 110 valence electrons. The van der Waals surface area contributed by atoms with Gasteiger partial charge in [0.15, 0.2) is 0 Å². The van der Waals surface area contributed by atoms with Crippen molar-refractivity contribution in [2.45, 2.75) is 32.7 Å². The van der Waals surface area contributed by atoms with Gasteiger partial charge in [-0.1, -0.05) is 0 Å². The Labute approximate surface area is 124 Å². The third kappa shape index (κ3) is 2.91. The van der Waals surface area contributed by atoms with E-state index in [9.17, 15) is 4.79 Å². The van der Waals surface area contributed by atoms with Gasteiger partial charge in [0.2, 0.25) is 0 Å². The zero-order valence-corrected chi connectivity index (χ0v) is 12.4. The van der Waals surface area contributed by atoms with Crippen molar-refractivity contribution in [2.24, 2.45) is 0 Å². The lowest BCUT2D eigenvalue weighted by atomic mass is 10.0. The molecule has 2 N–H and O–H groups in total. The maximum Gasteiger partial charge on any atom is 0.255 e. The van der Waals surface area contributed by atoms with Crippen LogP contribution in [-0.2, 0) is 6.42 Å². The Balaban J connectivity index is 1.75. The highest BCUT2D eigenvalue weighted by atomic mass is 16.1. The molecule has 1 aromatic heterocycles. The van der Waals surface area contributed by atoms with E-state index in [0.717, 1.165) is 30.8 Å². The molecule has 2 heterocycles. The molecule has 0 spiro atoms. The van der Waals surface area contributed by atoms with E-state index in [1.807, 2.05) is 29.1 Å². The topological polar surface area (TPSA) is 59.0 Å². The Bertz CT molecular complexity index is 660. The van der Waals surface area contributed by atoms with Gasteiger partial charge in [-0.3, -0.25) is 9.48 Å². The van der Waals surface area contributed by atoms with Crippen molar-refractivity contribution < 1.29 is 4.79 Å². The highest BCUT2D eigenvalue weighted by Crippen LogP contribution is 2.23. The number of aromatic nitrogens is 2. The molecule has 5 heteroatoms. The molecule has 1 aromatic carbocycles. The lowest BCUT2D eigenvalue weighted by Gasteiger charge is -2.18. The molecular weight excluding hydrogens is 264 g/mol. The number of hydrogen-bond acceptors (Lipinski definition) is 3. The van der Waals surface area contributed by atoms with Crippen LogP contribution >= 0.6 is 0 Å². The molecule has 0 fully saturated rings. The van der Waals surface area contributed by atoms with Crippen LogP contribution in [0.5, 0.6) is 0 Å². The quantitative estimate of drug-likeness (QED) is 0.910. The van der Waals surface area contributed by atoms with Gasteiger partial charge in [0.1, 0.15) is 0 Å². The van der Waals surface area contributed by atoms with E-state index >= 15 is 0 Å². The molecule has 2 aromatic rings. The number of hydrogen-bond donors (Lipinski definition) is 2. The molecule has 0 saturated heterocycles. The highest BCUT2D eigenvalue weighted by Gasteiger charge is 2.13. The summed E-state index contributed by atoms with van der Waals surface area (Å²) in [6.45, 7) is 5.11. The molecule has 0 atom stereocenters. The van der Waals surface area contributed by atoms with Gasteiger partial charge in [0, 0.05) is 30.0 Å². The fourth-order valence-electron chi connectivity index (χ4n) is 2.50. The normalized spacial score (nSPS) is 13.7. The summed E-state index contributed by atoms with van der Waals surface area (Å²) < 4.78 is 1.83. The summed E-state index contributed by atoms with van der Waals surface area (Å²) in [7, 11) is 0. The highest BCUT2D eigenvalue weighted by molar-refractivity contribution is 6.04. The molecule has 1 aliphatic heterocycles. The van der Waals surface area contributed by atoms with Gasteiger partial charge in [-0.2, -0.15) is 5.10 Å². The second-order valence-electron chi connectivity index (χ2n) is 5.66. The van der Waals surface area contributed by atoms with Crippen LogP contribution in [0.4, 0.5) is 11.4 Å². The van der Waals surface area contributed by atoms with Crippen molar-refractivity contribution in [3.63, 3.8) is 0 Å². The Hall–Kier alpha value is -2.30. The molecule has 0 saturated carbocycles. The van der Waals surface area contributed by atoms with E-state index in [0.29, 0.717) is 5.56 Å². The largest absolute Gasteiger partial charge is 0.385 e. The van der Waals surface area contributed by atoms with Crippen molar-refractivity contribution in [3.8, 4) is 0 Å². The molecular formula is C16H20N4O. The predicted octanol–water partition coefficient (Wildman–Crippen LogP) is 3.07. The fourth-order valence-corrected chi connectivity index (χ4v) is 2.50. The van der Waals surface area contributed by atoms with Crippen LogP contribution in [0.3, 0.4) is 0 Å². The monoisotopic (exact) mass is 284 g/mol. The van der Waals surface area contributed by atoms with Crippen LogP contribution in [0.15, 0.2) is 30.6 Å². The predicted molar refractivity (Wildman–Crippen MR) is 83.8 cm³/mol. The second kappa shape index (κ2) is 5.60. The zero-order valence-electron chi connectivity index (χ0n) is 12.4. The lowest BCUT2D eigenvalue weighted by Crippen LogP contribution is -2.15. The molecule has 21 heavy (non-hydrogen) atoms. The number of rotatable bonds is 3. The molecule has 0 bridgehead atoms. The van der Waals surface area contributed by atoms with E-state index in [1.165, 1.54) is 5.56 Å². The third-order valence-electron chi connectivity index (χ3n) is 3.69. The van der Waals surface area contributed by atoms with Crippen molar-refractivity contribution >= 4 is 17.3 Å². The third-order valence-corrected chi connectivity index (χ3v) is 3.69. The van der Waals surface area contributed by atoms with Crippen LogP contribution in [0, 0.1) is 0 Å². The number of aryl methyl sites for hydroxylation is 1. The van der Waals surface area contributed by atoms with Gasteiger partial charge in [0.25, 0.3) is 5.91 Å². The summed E-state index contributed by atoms with van der Waals surface area (Å²) in [5.41, 5.74) is 3.77. The Morgan fingerprint density at radius 3 is 3.05 bits per heavy atom. The average Bonchev–Trinajstić information content (AvgIpc) is 2.95. The number of fused-ring (bicyclic) bond motifs is 1. The Morgan fingerprint density at radius 2 is 2.29 bits per heavy atom. The van der Waals surface area contributed by atoms with Gasteiger partial charge in [-0.15, -0.1) is 0 Å². The summed E-state index contributed by atoms with van der Waals surface area (Å²) in [5.74, 6) is -0.0910. The van der Waals surface area contributed by atoms with Gasteiger partial charge < -0.3 is 10.6 Å². The molecule has 1 aliphatic rings. The number of amides is 1. The van der Waals surface area contributed by atoms with Crippen molar-refractivity contribution in [1.82, 2.24) is 9.78 Å². The summed E-state index contributed by atoms with van der Waals surface area (Å²) in [6, 6.07) is 6.11. The first kappa shape index (κ1) is 13.7. The minimum atomic E-state index is -0.0910. The average molecular weight is 284 g/mol. The number of carbonyl (C=O) groups excluding carboxylic acids is 1. The summed E-state index contributed by atoms with van der Waals surface area (Å²) in [5, 5.41) is 10.5. The summed E-state index contributed by atoms with van der Waals surface area (Å²) >= 11 is 0. The number of anilines is 2. The number of carbonyl (C=O) groups is 1. The molecule has 0 aliphatic carbocycles. The first-order valence-corrected chi connectivity index (χ1v) is 7.36. The lowest BCUT2D eigenvalue weighted by molar-refractivity contribution is 0.102. The van der Waals surface area contributed by atoms with E-state index in [4.69, 9.17) is 0 Å². The molecule has 5 nitrogen and oxygen atoms in total. The molecule has 0 unspecified atom stereocenters. The summed E-state index contributed by atoms with van der Waals surface area (Å²) in [6.07, 6.45) is 5.66. The van der Waals surface area contributed by atoms with E-state index in [2.05, 4.69) is 29.6 Å². The van der Waals surface area contributed by atoms with Crippen molar-refractivity contribution in [1.29, 1.82) is 0 Å². The minimum Gasteiger partial charge on any atom is -0.385 e. The van der Waals surface area contributed by atoms with Gasteiger partial charge in [-0.25, -0.2) is 0 Å². The summed E-state index contributed by atoms with van der Waals surface area (Å²) in [4.78, 5) is 12.3. The van der Waals surface area contributed by atoms with Crippen LogP contribution in [0.2, 0.25) is 0 Å². The molecule has 3 rings (SSSR count).